The number of nitrogens with zero attached hydrogens (tertiary/aromatic N) is 1. The molecular formula is C13H25N3O. The van der Waals surface area contributed by atoms with E-state index in [2.05, 4.69) is 23.3 Å². The average molecular weight is 239 g/mol. The second-order valence-electron chi connectivity index (χ2n) is 4.93. The van der Waals surface area contributed by atoms with Crippen molar-refractivity contribution in [3.8, 4) is 12.3 Å². The number of nitrogens with two attached hydrogens (primary N) is 1. The minimum absolute atomic E-state index is 0.159. The van der Waals surface area contributed by atoms with Crippen molar-refractivity contribution in [3.05, 3.63) is 0 Å². The van der Waals surface area contributed by atoms with Gasteiger partial charge in [-0.2, -0.15) is 0 Å². The van der Waals surface area contributed by atoms with Crippen LogP contribution in [-0.2, 0) is 0 Å². The van der Waals surface area contributed by atoms with Crippen LogP contribution in [0.5, 0.6) is 0 Å². The van der Waals surface area contributed by atoms with Gasteiger partial charge in [0.25, 0.3) is 0 Å². The van der Waals surface area contributed by atoms with Crippen molar-refractivity contribution in [1.82, 2.24) is 5.32 Å². The Labute approximate surface area is 105 Å². The van der Waals surface area contributed by atoms with Crippen LogP contribution in [-0.4, -0.2) is 23.6 Å². The molecule has 4 heteroatoms. The van der Waals surface area contributed by atoms with E-state index in [-0.39, 0.29) is 17.3 Å². The van der Waals surface area contributed by atoms with Crippen LogP contribution in [0.2, 0.25) is 0 Å². The first-order chi connectivity index (χ1) is 7.97. The van der Waals surface area contributed by atoms with E-state index in [0.29, 0.717) is 0 Å². The third-order valence-corrected chi connectivity index (χ3v) is 2.95. The van der Waals surface area contributed by atoms with E-state index in [1.54, 1.807) is 0 Å². The number of hydrogen-bond acceptors (Lipinski definition) is 3. The molecule has 4 nitrogen and oxygen atoms in total. The number of hydrogen-bond donors (Lipinski definition) is 3. The Balaban J connectivity index is 3.89. The van der Waals surface area contributed by atoms with Gasteiger partial charge in [-0.25, -0.2) is 0 Å². The monoisotopic (exact) mass is 239 g/mol. The molecule has 0 radical (unpaired) electrons. The van der Waals surface area contributed by atoms with Crippen LogP contribution in [0.25, 0.3) is 0 Å². The predicted molar refractivity (Wildman–Crippen MR) is 72.0 cm³/mol. The van der Waals surface area contributed by atoms with Gasteiger partial charge in [0.1, 0.15) is 5.84 Å². The van der Waals surface area contributed by atoms with E-state index in [9.17, 15) is 0 Å². The zero-order chi connectivity index (χ0) is 13.3. The summed E-state index contributed by atoms with van der Waals surface area (Å²) < 4.78 is 0. The molecule has 0 bridgehead atoms. The van der Waals surface area contributed by atoms with Gasteiger partial charge in [0.2, 0.25) is 0 Å². The lowest BCUT2D eigenvalue weighted by Gasteiger charge is -2.23. The summed E-state index contributed by atoms with van der Waals surface area (Å²) in [5.41, 5.74) is 5.34. The lowest BCUT2D eigenvalue weighted by Crippen LogP contribution is -2.34. The van der Waals surface area contributed by atoms with Gasteiger partial charge in [-0.15, -0.1) is 6.42 Å². The summed E-state index contributed by atoms with van der Waals surface area (Å²) in [6, 6.07) is 0.159. The molecule has 98 valence electrons. The van der Waals surface area contributed by atoms with Crippen LogP contribution in [0.3, 0.4) is 0 Å². The van der Waals surface area contributed by atoms with Crippen LogP contribution in [0.15, 0.2) is 5.16 Å². The average Bonchev–Trinajstić information content (AvgIpc) is 2.31. The van der Waals surface area contributed by atoms with E-state index < -0.39 is 0 Å². The number of nitrogens with one attached hydrogen (secondary N) is 1. The Morgan fingerprint density at radius 3 is 2.71 bits per heavy atom. The van der Waals surface area contributed by atoms with Crippen molar-refractivity contribution < 1.29 is 5.21 Å². The van der Waals surface area contributed by atoms with Gasteiger partial charge >= 0.3 is 0 Å². The molecule has 0 rings (SSSR count). The molecule has 0 saturated heterocycles. The minimum Gasteiger partial charge on any atom is -0.409 e. The van der Waals surface area contributed by atoms with Gasteiger partial charge in [0, 0.05) is 5.41 Å². The molecule has 4 N–H and O–H groups in total. The van der Waals surface area contributed by atoms with Gasteiger partial charge in [-0.05, 0) is 25.8 Å². The Morgan fingerprint density at radius 1 is 1.59 bits per heavy atom. The Morgan fingerprint density at radius 2 is 2.24 bits per heavy atom. The summed E-state index contributed by atoms with van der Waals surface area (Å²) in [6.45, 7) is 6.91. The minimum atomic E-state index is -0.271. The fourth-order valence-electron chi connectivity index (χ4n) is 1.60. The molecule has 0 spiro atoms. The first kappa shape index (κ1) is 15.8. The molecule has 0 aromatic carbocycles. The lowest BCUT2D eigenvalue weighted by molar-refractivity contribution is 0.304. The van der Waals surface area contributed by atoms with Crippen molar-refractivity contribution in [3.63, 3.8) is 0 Å². The molecule has 0 heterocycles. The number of terminal acetylenes is 1. The van der Waals surface area contributed by atoms with E-state index in [4.69, 9.17) is 17.4 Å². The molecule has 0 aliphatic rings. The van der Waals surface area contributed by atoms with Crippen molar-refractivity contribution >= 4 is 5.84 Å². The Hall–Kier alpha value is -1.21. The highest BCUT2D eigenvalue weighted by molar-refractivity contribution is 5.85. The van der Waals surface area contributed by atoms with Gasteiger partial charge in [-0.1, -0.05) is 38.3 Å². The SMILES string of the molecule is C#CC(CCC)NCCCC(C)(C)C(N)=NO. The number of amidine groups is 1. The third kappa shape index (κ3) is 6.18. The van der Waals surface area contributed by atoms with E-state index in [1.165, 1.54) is 0 Å². The summed E-state index contributed by atoms with van der Waals surface area (Å²) in [5, 5.41) is 15.0. The molecule has 0 fully saturated rings. The van der Waals surface area contributed by atoms with Crippen LogP contribution in [0.4, 0.5) is 0 Å². The number of oxime groups is 1. The third-order valence-electron chi connectivity index (χ3n) is 2.95. The molecule has 0 aromatic rings. The topological polar surface area (TPSA) is 70.6 Å². The fourth-order valence-corrected chi connectivity index (χ4v) is 1.60. The molecule has 0 aliphatic carbocycles. The predicted octanol–water partition coefficient (Wildman–Crippen LogP) is 1.93. The van der Waals surface area contributed by atoms with Crippen molar-refractivity contribution in [2.24, 2.45) is 16.3 Å². The van der Waals surface area contributed by atoms with E-state index in [0.717, 1.165) is 32.2 Å². The highest BCUT2D eigenvalue weighted by Crippen LogP contribution is 2.21. The number of rotatable bonds is 8. The summed E-state index contributed by atoms with van der Waals surface area (Å²) >= 11 is 0. The normalized spacial score (nSPS) is 14.4. The summed E-state index contributed by atoms with van der Waals surface area (Å²) in [5.74, 6) is 3.01. The first-order valence-corrected chi connectivity index (χ1v) is 6.15. The van der Waals surface area contributed by atoms with Crippen LogP contribution < -0.4 is 11.1 Å². The molecule has 0 amide bonds. The highest BCUT2D eigenvalue weighted by atomic mass is 16.4. The van der Waals surface area contributed by atoms with Gasteiger partial charge in [0.15, 0.2) is 0 Å². The molecule has 1 atom stereocenters. The first-order valence-electron chi connectivity index (χ1n) is 6.15. The highest BCUT2D eigenvalue weighted by Gasteiger charge is 2.22. The summed E-state index contributed by atoms with van der Waals surface area (Å²) in [6.07, 6.45) is 9.30. The summed E-state index contributed by atoms with van der Waals surface area (Å²) in [4.78, 5) is 0. The van der Waals surface area contributed by atoms with Crippen LogP contribution >= 0.6 is 0 Å². The van der Waals surface area contributed by atoms with Gasteiger partial charge < -0.3 is 16.3 Å². The molecule has 0 aliphatic heterocycles. The van der Waals surface area contributed by atoms with Crippen molar-refractivity contribution in [2.75, 3.05) is 6.54 Å². The Bertz CT molecular complexity index is 279. The zero-order valence-electron chi connectivity index (χ0n) is 11.2. The standard InChI is InChI=1S/C13H25N3O/c1-5-8-11(6-2)15-10-7-9-13(3,4)12(14)16-17/h2,11,15,17H,5,7-10H2,1,3-4H3,(H2,14,16). The van der Waals surface area contributed by atoms with Crippen molar-refractivity contribution in [2.45, 2.75) is 52.5 Å². The molecule has 1 unspecified atom stereocenters. The quantitative estimate of drug-likeness (QED) is 0.151. The Kier molecular flexibility index (Phi) is 7.40. The lowest BCUT2D eigenvalue weighted by atomic mass is 9.86. The molecular weight excluding hydrogens is 214 g/mol. The van der Waals surface area contributed by atoms with E-state index >= 15 is 0 Å². The largest absolute Gasteiger partial charge is 0.409 e. The van der Waals surface area contributed by atoms with Crippen molar-refractivity contribution in [1.29, 1.82) is 0 Å². The second-order valence-corrected chi connectivity index (χ2v) is 4.93. The van der Waals surface area contributed by atoms with E-state index in [1.807, 2.05) is 13.8 Å². The second kappa shape index (κ2) is 7.97. The fraction of sp³-hybridized carbons (Fsp3) is 0.769. The van der Waals surface area contributed by atoms with Crippen LogP contribution in [0.1, 0.15) is 46.5 Å². The molecule has 0 aromatic heterocycles. The van der Waals surface area contributed by atoms with Gasteiger partial charge in [0.05, 0.1) is 6.04 Å². The maximum Gasteiger partial charge on any atom is 0.144 e. The van der Waals surface area contributed by atoms with Gasteiger partial charge in [-0.3, -0.25) is 0 Å². The zero-order valence-corrected chi connectivity index (χ0v) is 11.2. The maximum atomic E-state index is 8.64. The van der Waals surface area contributed by atoms with Crippen LogP contribution in [0, 0.1) is 17.8 Å². The molecule has 0 saturated carbocycles. The maximum absolute atomic E-state index is 8.64. The summed E-state index contributed by atoms with van der Waals surface area (Å²) in [7, 11) is 0. The molecule has 17 heavy (non-hydrogen) atoms. The smallest absolute Gasteiger partial charge is 0.144 e.